The first-order valence-electron chi connectivity index (χ1n) is 17.4. The van der Waals surface area contributed by atoms with E-state index in [9.17, 15) is 19.4 Å². The van der Waals surface area contributed by atoms with Gasteiger partial charge in [0.25, 0.3) is 7.37 Å². The van der Waals surface area contributed by atoms with Gasteiger partial charge < -0.3 is 33.7 Å². The molecule has 0 bridgehead atoms. The topological polar surface area (TPSA) is 133 Å². The summed E-state index contributed by atoms with van der Waals surface area (Å²) in [5.74, 6) is 1.97. The van der Waals surface area contributed by atoms with E-state index in [4.69, 9.17) is 23.7 Å². The minimum atomic E-state index is -4.35. The number of aryl methyl sites for hydroxylation is 1. The van der Waals surface area contributed by atoms with Crippen LogP contribution in [-0.2, 0) is 46.9 Å². The van der Waals surface area contributed by atoms with E-state index in [0.717, 1.165) is 16.7 Å². The molecule has 0 heterocycles. The molecule has 5 rings (SSSR count). The number of aliphatic hydroxyl groups is 1. The number of benzene rings is 5. The van der Waals surface area contributed by atoms with Gasteiger partial charge in [-0.15, -0.1) is 0 Å². The van der Waals surface area contributed by atoms with E-state index >= 15 is 0 Å². The largest absolute Gasteiger partial charge is 0.497 e. The Morgan fingerprint density at radius 3 is 1.62 bits per heavy atom. The van der Waals surface area contributed by atoms with E-state index in [0.29, 0.717) is 41.6 Å². The van der Waals surface area contributed by atoms with Crippen molar-refractivity contribution < 1.29 is 43.0 Å². The van der Waals surface area contributed by atoms with Crippen LogP contribution >= 0.6 is 7.37 Å². The highest BCUT2D eigenvalue weighted by molar-refractivity contribution is 7.59. The van der Waals surface area contributed by atoms with Gasteiger partial charge in [-0.2, -0.15) is 0 Å². The number of ether oxygens (including phenoxy) is 5. The van der Waals surface area contributed by atoms with Crippen LogP contribution < -0.4 is 19.5 Å². The number of hydrogen-bond donors (Lipinski definition) is 3. The molecule has 0 aliphatic rings. The zero-order valence-corrected chi connectivity index (χ0v) is 30.7. The first-order valence-corrected chi connectivity index (χ1v) is 19.3. The van der Waals surface area contributed by atoms with Gasteiger partial charge in [0.1, 0.15) is 37.1 Å². The van der Waals surface area contributed by atoms with Crippen molar-refractivity contribution >= 4 is 13.5 Å². The van der Waals surface area contributed by atoms with Crippen molar-refractivity contribution in [1.82, 2.24) is 5.32 Å². The Morgan fingerprint density at radius 2 is 1.11 bits per heavy atom. The van der Waals surface area contributed by atoms with E-state index in [2.05, 4.69) is 5.32 Å². The van der Waals surface area contributed by atoms with Gasteiger partial charge in [0.15, 0.2) is 0 Å². The summed E-state index contributed by atoms with van der Waals surface area (Å²) in [5, 5.41) is 12.4. The molecule has 1 amide bonds. The minimum absolute atomic E-state index is 0.0874. The van der Waals surface area contributed by atoms with Crippen molar-refractivity contribution in [3.8, 4) is 17.2 Å². The van der Waals surface area contributed by atoms with Gasteiger partial charge in [0, 0.05) is 19.2 Å². The van der Waals surface area contributed by atoms with Crippen molar-refractivity contribution in [2.75, 3.05) is 19.9 Å². The SMILES string of the molecule is COc1ccc(CCP(=O)(O)C(CCCO)(NC(=O)OCc2ccc(OCc3ccccc3)cc2)OCc2ccc(OCc3ccccc3)cc2)cc1. The summed E-state index contributed by atoms with van der Waals surface area (Å²) in [7, 11) is -2.78. The molecule has 0 aliphatic carbocycles. The van der Waals surface area contributed by atoms with Gasteiger partial charge in [0.05, 0.1) is 13.7 Å². The fourth-order valence-electron chi connectivity index (χ4n) is 5.50. The highest BCUT2D eigenvalue weighted by atomic mass is 31.2. The van der Waals surface area contributed by atoms with Crippen LogP contribution in [0.25, 0.3) is 0 Å². The standard InChI is InChI=1S/C42H46NO9P/c1-48-38-19-13-33(14-20-38)25-28-53(46,47)42(26-8-27-44,52-32-37-17-23-40(24-18-37)50-30-35-11-6-3-7-12-35)43-41(45)51-31-36-15-21-39(22-16-36)49-29-34-9-4-2-5-10-34/h2-7,9-24,44H,8,25-32H2,1H3,(H,43,45)(H,46,47). The lowest BCUT2D eigenvalue weighted by atomic mass is 10.2. The van der Waals surface area contributed by atoms with E-state index in [1.165, 1.54) is 0 Å². The summed E-state index contributed by atoms with van der Waals surface area (Å²) >= 11 is 0. The van der Waals surface area contributed by atoms with Crippen LogP contribution in [0.4, 0.5) is 4.79 Å². The second-order valence-corrected chi connectivity index (χ2v) is 15.0. The molecule has 0 aliphatic heterocycles. The fourth-order valence-corrected chi connectivity index (χ4v) is 7.46. The van der Waals surface area contributed by atoms with Crippen LogP contribution in [-0.4, -0.2) is 41.4 Å². The number of amides is 1. The molecule has 11 heteroatoms. The second kappa shape index (κ2) is 19.6. The van der Waals surface area contributed by atoms with Crippen molar-refractivity contribution in [3.63, 3.8) is 0 Å². The molecule has 0 aromatic heterocycles. The van der Waals surface area contributed by atoms with Gasteiger partial charge in [-0.1, -0.05) is 97.1 Å². The molecule has 3 N–H and O–H groups in total. The Hall–Kier alpha value is -5.12. The van der Waals surface area contributed by atoms with Crippen LogP contribution in [0.5, 0.6) is 17.2 Å². The van der Waals surface area contributed by atoms with Gasteiger partial charge >= 0.3 is 6.09 Å². The van der Waals surface area contributed by atoms with Crippen molar-refractivity contribution in [3.05, 3.63) is 161 Å². The summed E-state index contributed by atoms with van der Waals surface area (Å²) in [6.07, 6.45) is -0.965. The molecule has 2 unspecified atom stereocenters. The maximum atomic E-state index is 14.4. The number of aliphatic hydroxyl groups excluding tert-OH is 1. The third-order valence-corrected chi connectivity index (χ3v) is 11.0. The Kier molecular flexibility index (Phi) is 14.5. The van der Waals surface area contributed by atoms with E-state index in [-0.39, 0.29) is 45.2 Å². The maximum Gasteiger partial charge on any atom is 0.410 e. The molecule has 278 valence electrons. The van der Waals surface area contributed by atoms with Gasteiger partial charge in [-0.3, -0.25) is 9.88 Å². The van der Waals surface area contributed by atoms with Crippen LogP contribution in [0.3, 0.4) is 0 Å². The summed E-state index contributed by atoms with van der Waals surface area (Å²) in [6.45, 7) is 0.323. The van der Waals surface area contributed by atoms with Crippen molar-refractivity contribution in [2.45, 2.75) is 51.2 Å². The van der Waals surface area contributed by atoms with Gasteiger partial charge in [-0.25, -0.2) is 4.79 Å². The van der Waals surface area contributed by atoms with Crippen LogP contribution in [0, 0.1) is 0 Å². The molecule has 5 aromatic carbocycles. The Bertz CT molecular complexity index is 1870. The van der Waals surface area contributed by atoms with E-state index < -0.39 is 18.9 Å². The molecule has 0 fully saturated rings. The minimum Gasteiger partial charge on any atom is -0.497 e. The first kappa shape index (κ1) is 39.1. The highest BCUT2D eigenvalue weighted by Gasteiger charge is 2.49. The van der Waals surface area contributed by atoms with Crippen molar-refractivity contribution in [2.24, 2.45) is 0 Å². The van der Waals surface area contributed by atoms with E-state index in [1.807, 2.05) is 72.8 Å². The number of nitrogens with one attached hydrogen (secondary N) is 1. The first-order chi connectivity index (χ1) is 25.8. The average Bonchev–Trinajstić information content (AvgIpc) is 3.20. The predicted molar refractivity (Wildman–Crippen MR) is 203 cm³/mol. The zero-order chi connectivity index (χ0) is 37.4. The number of hydrogen-bond acceptors (Lipinski definition) is 8. The molecule has 0 spiro atoms. The number of alkyl carbamates (subject to hydrolysis) is 1. The second-order valence-electron chi connectivity index (χ2n) is 12.5. The summed E-state index contributed by atoms with van der Waals surface area (Å²) in [5.41, 5.74) is 2.20. The molecule has 0 saturated carbocycles. The smallest absolute Gasteiger partial charge is 0.410 e. The molecule has 2 atom stereocenters. The Morgan fingerprint density at radius 1 is 0.642 bits per heavy atom. The van der Waals surface area contributed by atoms with Crippen LogP contribution in [0.2, 0.25) is 0 Å². The Labute approximate surface area is 310 Å². The molecular weight excluding hydrogens is 693 g/mol. The highest BCUT2D eigenvalue weighted by Crippen LogP contribution is 2.56. The quantitative estimate of drug-likeness (QED) is 0.0533. The lowest BCUT2D eigenvalue weighted by Crippen LogP contribution is -2.51. The van der Waals surface area contributed by atoms with Gasteiger partial charge in [-0.05, 0) is 77.1 Å². The molecule has 10 nitrogen and oxygen atoms in total. The molecule has 53 heavy (non-hydrogen) atoms. The van der Waals surface area contributed by atoms with E-state index in [1.54, 1.807) is 67.8 Å². The average molecular weight is 740 g/mol. The third-order valence-electron chi connectivity index (χ3n) is 8.59. The van der Waals surface area contributed by atoms with Crippen LogP contribution in [0.15, 0.2) is 133 Å². The van der Waals surface area contributed by atoms with Crippen LogP contribution in [0.1, 0.15) is 40.7 Å². The fraction of sp³-hybridized carbons (Fsp3) is 0.262. The summed E-state index contributed by atoms with van der Waals surface area (Å²) in [4.78, 5) is 25.1. The van der Waals surface area contributed by atoms with Gasteiger partial charge in [0.2, 0.25) is 5.47 Å². The maximum absolute atomic E-state index is 14.4. The number of rotatable bonds is 20. The Balaban J connectivity index is 1.27. The predicted octanol–water partition coefficient (Wildman–Crippen LogP) is 8.24. The lowest BCUT2D eigenvalue weighted by Gasteiger charge is -2.38. The summed E-state index contributed by atoms with van der Waals surface area (Å²) < 4.78 is 43.2. The molecule has 5 aromatic rings. The monoisotopic (exact) mass is 739 g/mol. The van der Waals surface area contributed by atoms with Crippen molar-refractivity contribution in [1.29, 1.82) is 0 Å². The zero-order valence-electron chi connectivity index (χ0n) is 29.8. The number of methoxy groups -OCH3 is 1. The molecule has 0 saturated heterocycles. The normalized spacial score (nSPS) is 13.3. The lowest BCUT2D eigenvalue weighted by molar-refractivity contribution is -0.0351. The number of carbonyl (C=O) groups is 1. The summed E-state index contributed by atoms with van der Waals surface area (Å²) in [6, 6.07) is 41.1. The number of carbonyl (C=O) groups excluding carboxylic acids is 1. The molecular formula is C42H46NO9P. The molecule has 0 radical (unpaired) electrons. The third kappa shape index (κ3) is 12.0.